The summed E-state index contributed by atoms with van der Waals surface area (Å²) in [7, 11) is -3.36. The van der Waals surface area contributed by atoms with Crippen LogP contribution in [0.15, 0.2) is 18.3 Å². The van der Waals surface area contributed by atoms with Gasteiger partial charge < -0.3 is 5.73 Å². The van der Waals surface area contributed by atoms with E-state index in [1.807, 2.05) is 0 Å². The van der Waals surface area contributed by atoms with E-state index in [0.717, 1.165) is 25.7 Å². The lowest BCUT2D eigenvalue weighted by molar-refractivity contribution is 0.385. The van der Waals surface area contributed by atoms with Gasteiger partial charge in [-0.15, -0.1) is 0 Å². The van der Waals surface area contributed by atoms with Crippen LogP contribution in [0.4, 0.5) is 5.82 Å². The standard InChI is InChI=1S/C15H21N3O2S/c16-9-4-7-13-8-10-17-15(11-13)18-21(19,20)12-14-5-2-1-3-6-14/h8,10-11,14H,1-3,5-6,9,12,16H2,(H,17,18). The lowest BCUT2D eigenvalue weighted by Gasteiger charge is -2.21. The molecule has 0 aliphatic heterocycles. The van der Waals surface area contributed by atoms with Gasteiger partial charge in [-0.3, -0.25) is 4.72 Å². The van der Waals surface area contributed by atoms with E-state index in [1.165, 1.54) is 6.42 Å². The number of pyridine rings is 1. The SMILES string of the molecule is NCC#Cc1ccnc(NS(=O)(=O)CC2CCCCC2)c1. The van der Waals surface area contributed by atoms with Crippen molar-refractivity contribution in [2.24, 2.45) is 11.7 Å². The van der Waals surface area contributed by atoms with Crippen molar-refractivity contribution in [3.8, 4) is 11.8 Å². The molecule has 1 aromatic heterocycles. The number of sulfonamides is 1. The van der Waals surface area contributed by atoms with Gasteiger partial charge in [0.15, 0.2) is 0 Å². The van der Waals surface area contributed by atoms with Gasteiger partial charge in [-0.05, 0) is 30.9 Å². The zero-order valence-corrected chi connectivity index (χ0v) is 12.8. The monoisotopic (exact) mass is 307 g/mol. The smallest absolute Gasteiger partial charge is 0.234 e. The molecule has 0 amide bonds. The molecule has 0 radical (unpaired) electrons. The molecule has 1 fully saturated rings. The summed E-state index contributed by atoms with van der Waals surface area (Å²) in [4.78, 5) is 4.04. The van der Waals surface area contributed by atoms with Crippen molar-refractivity contribution in [2.75, 3.05) is 17.0 Å². The molecule has 1 aliphatic rings. The number of nitrogens with one attached hydrogen (secondary N) is 1. The van der Waals surface area contributed by atoms with Crippen molar-refractivity contribution in [1.29, 1.82) is 0 Å². The Labute approximate surface area is 126 Å². The highest BCUT2D eigenvalue weighted by molar-refractivity contribution is 7.92. The molecule has 114 valence electrons. The largest absolute Gasteiger partial charge is 0.320 e. The van der Waals surface area contributed by atoms with Gasteiger partial charge in [-0.1, -0.05) is 31.1 Å². The van der Waals surface area contributed by atoms with Crippen molar-refractivity contribution in [3.63, 3.8) is 0 Å². The zero-order chi connectivity index (χ0) is 15.1. The summed E-state index contributed by atoms with van der Waals surface area (Å²) in [5, 5.41) is 0. The second-order valence-corrected chi connectivity index (χ2v) is 7.09. The molecule has 1 aromatic rings. The topological polar surface area (TPSA) is 85.1 Å². The fourth-order valence-electron chi connectivity index (χ4n) is 2.58. The second-order valence-electron chi connectivity index (χ2n) is 5.32. The van der Waals surface area contributed by atoms with Gasteiger partial charge in [0.05, 0.1) is 12.3 Å². The minimum absolute atomic E-state index is 0.174. The first kappa shape index (κ1) is 15.8. The highest BCUT2D eigenvalue weighted by atomic mass is 32.2. The number of rotatable bonds is 4. The Morgan fingerprint density at radius 2 is 2.10 bits per heavy atom. The maximum absolute atomic E-state index is 12.2. The highest BCUT2D eigenvalue weighted by Gasteiger charge is 2.21. The minimum atomic E-state index is -3.36. The third kappa shape index (κ3) is 5.37. The van der Waals surface area contributed by atoms with E-state index in [0.29, 0.717) is 11.4 Å². The molecule has 21 heavy (non-hydrogen) atoms. The Bertz CT molecular complexity index is 626. The van der Waals surface area contributed by atoms with E-state index >= 15 is 0 Å². The molecule has 6 heteroatoms. The average Bonchev–Trinajstić information content (AvgIpc) is 2.45. The Balaban J connectivity index is 2.02. The van der Waals surface area contributed by atoms with E-state index in [-0.39, 0.29) is 18.2 Å². The predicted molar refractivity (Wildman–Crippen MR) is 84.2 cm³/mol. The van der Waals surface area contributed by atoms with Gasteiger partial charge in [-0.25, -0.2) is 13.4 Å². The first-order valence-corrected chi connectivity index (χ1v) is 8.90. The lowest BCUT2D eigenvalue weighted by atomic mass is 9.91. The molecule has 0 aromatic carbocycles. The molecule has 1 heterocycles. The van der Waals surface area contributed by atoms with E-state index in [4.69, 9.17) is 5.73 Å². The second kappa shape index (κ2) is 7.43. The fourth-order valence-corrected chi connectivity index (χ4v) is 4.05. The van der Waals surface area contributed by atoms with E-state index in [1.54, 1.807) is 18.3 Å². The number of nitrogens with two attached hydrogens (primary N) is 1. The zero-order valence-electron chi connectivity index (χ0n) is 12.0. The third-order valence-corrected chi connectivity index (χ3v) is 4.97. The summed E-state index contributed by atoms with van der Waals surface area (Å²) in [5.41, 5.74) is 6.02. The van der Waals surface area contributed by atoms with Crippen LogP contribution in [-0.4, -0.2) is 25.7 Å². The fraction of sp³-hybridized carbons (Fsp3) is 0.533. The Morgan fingerprint density at radius 3 is 2.81 bits per heavy atom. The van der Waals surface area contributed by atoms with Crippen LogP contribution in [0.5, 0.6) is 0 Å². The van der Waals surface area contributed by atoms with Gasteiger partial charge in [0.25, 0.3) is 0 Å². The van der Waals surface area contributed by atoms with Crippen molar-refractivity contribution in [2.45, 2.75) is 32.1 Å². The van der Waals surface area contributed by atoms with Crippen molar-refractivity contribution < 1.29 is 8.42 Å². The lowest BCUT2D eigenvalue weighted by Crippen LogP contribution is -2.24. The highest BCUT2D eigenvalue weighted by Crippen LogP contribution is 2.25. The maximum Gasteiger partial charge on any atom is 0.234 e. The third-order valence-electron chi connectivity index (χ3n) is 3.53. The number of nitrogens with zero attached hydrogens (tertiary/aromatic N) is 1. The number of anilines is 1. The number of hydrogen-bond donors (Lipinski definition) is 2. The average molecular weight is 307 g/mol. The van der Waals surface area contributed by atoms with Crippen LogP contribution in [0.3, 0.4) is 0 Å². The minimum Gasteiger partial charge on any atom is -0.320 e. The Kier molecular flexibility index (Phi) is 5.59. The molecule has 1 aliphatic carbocycles. The molecular weight excluding hydrogens is 286 g/mol. The molecule has 0 spiro atoms. The molecule has 1 saturated carbocycles. The van der Waals surface area contributed by atoms with Crippen LogP contribution in [0, 0.1) is 17.8 Å². The summed E-state index contributed by atoms with van der Waals surface area (Å²) >= 11 is 0. The van der Waals surface area contributed by atoms with Crippen LogP contribution in [0.1, 0.15) is 37.7 Å². The van der Waals surface area contributed by atoms with E-state index in [2.05, 4.69) is 21.5 Å². The predicted octanol–water partition coefficient (Wildman–Crippen LogP) is 1.71. The van der Waals surface area contributed by atoms with Gasteiger partial charge >= 0.3 is 0 Å². The molecule has 2 rings (SSSR count). The summed E-state index contributed by atoms with van der Waals surface area (Å²) < 4.78 is 26.9. The van der Waals surface area contributed by atoms with Crippen molar-refractivity contribution in [1.82, 2.24) is 4.98 Å². The van der Waals surface area contributed by atoms with Gasteiger partial charge in [0.1, 0.15) is 5.82 Å². The quantitative estimate of drug-likeness (QED) is 0.829. The summed E-state index contributed by atoms with van der Waals surface area (Å²) in [6.45, 7) is 0.269. The van der Waals surface area contributed by atoms with Crippen LogP contribution in [0.25, 0.3) is 0 Å². The Hall–Kier alpha value is -1.58. The Morgan fingerprint density at radius 1 is 1.33 bits per heavy atom. The van der Waals surface area contributed by atoms with Gasteiger partial charge in [0, 0.05) is 11.8 Å². The number of aromatic nitrogens is 1. The van der Waals surface area contributed by atoms with Crippen molar-refractivity contribution in [3.05, 3.63) is 23.9 Å². The first-order valence-electron chi connectivity index (χ1n) is 7.24. The number of hydrogen-bond acceptors (Lipinski definition) is 4. The molecule has 0 unspecified atom stereocenters. The first-order chi connectivity index (χ1) is 10.1. The van der Waals surface area contributed by atoms with Crippen molar-refractivity contribution >= 4 is 15.8 Å². The molecule has 0 saturated heterocycles. The molecule has 5 nitrogen and oxygen atoms in total. The maximum atomic E-state index is 12.2. The van der Waals surface area contributed by atoms with E-state index < -0.39 is 10.0 Å². The molecule has 3 N–H and O–H groups in total. The van der Waals surface area contributed by atoms with Crippen LogP contribution < -0.4 is 10.5 Å². The van der Waals surface area contributed by atoms with Crippen LogP contribution in [-0.2, 0) is 10.0 Å². The summed E-state index contributed by atoms with van der Waals surface area (Å²) in [6.07, 6.45) is 7.00. The summed E-state index contributed by atoms with van der Waals surface area (Å²) in [5.74, 6) is 6.34. The molecule has 0 atom stereocenters. The van der Waals surface area contributed by atoms with Crippen LogP contribution >= 0.6 is 0 Å². The van der Waals surface area contributed by atoms with Crippen LogP contribution in [0.2, 0.25) is 0 Å². The van der Waals surface area contributed by atoms with Gasteiger partial charge in [-0.2, -0.15) is 0 Å². The molecule has 0 bridgehead atoms. The molecular formula is C15H21N3O2S. The van der Waals surface area contributed by atoms with Gasteiger partial charge in [0.2, 0.25) is 10.0 Å². The summed E-state index contributed by atoms with van der Waals surface area (Å²) in [6, 6.07) is 3.35. The normalized spacial score (nSPS) is 16.0. The van der Waals surface area contributed by atoms with E-state index in [9.17, 15) is 8.42 Å².